The Hall–Kier alpha value is -3.36. The number of carboxylic acids is 1. The first kappa shape index (κ1) is 19.0. The van der Waals surface area contributed by atoms with Crippen LogP contribution in [0.4, 0.5) is 4.79 Å². The first-order valence-electron chi connectivity index (χ1n) is 7.99. The Morgan fingerprint density at radius 3 is 2.65 bits per heavy atom. The average molecular weight is 360 g/mol. The van der Waals surface area contributed by atoms with Gasteiger partial charge in [-0.15, -0.1) is 0 Å². The summed E-state index contributed by atoms with van der Waals surface area (Å²) in [6.45, 7) is 0.165. The van der Waals surface area contributed by atoms with Gasteiger partial charge in [-0.2, -0.15) is 0 Å². The van der Waals surface area contributed by atoms with Gasteiger partial charge in [0.2, 0.25) is 5.91 Å². The molecular weight excluding hydrogens is 340 g/mol. The molecule has 2 amide bonds. The van der Waals surface area contributed by atoms with Gasteiger partial charge in [0, 0.05) is 25.6 Å². The number of ether oxygens (including phenoxy) is 1. The number of benzene rings is 1. The average Bonchev–Trinajstić information content (AvgIpc) is 3.13. The molecule has 9 nitrogen and oxygen atoms in total. The lowest BCUT2D eigenvalue weighted by Gasteiger charge is -2.13. The number of hydrogen-bond donors (Lipinski definition) is 4. The Balaban J connectivity index is 1.66. The number of H-pyrrole nitrogens is 1. The summed E-state index contributed by atoms with van der Waals surface area (Å²) < 4.78 is 5.01. The smallest absolute Gasteiger partial charge is 0.407 e. The van der Waals surface area contributed by atoms with Crippen molar-refractivity contribution in [3.8, 4) is 0 Å². The van der Waals surface area contributed by atoms with Crippen molar-refractivity contribution < 1.29 is 24.2 Å². The van der Waals surface area contributed by atoms with Crippen molar-refractivity contribution in [2.75, 3.05) is 6.54 Å². The van der Waals surface area contributed by atoms with E-state index in [-0.39, 0.29) is 26.0 Å². The number of hydrogen-bond acceptors (Lipinski definition) is 5. The predicted molar refractivity (Wildman–Crippen MR) is 91.1 cm³/mol. The van der Waals surface area contributed by atoms with Gasteiger partial charge in [-0.3, -0.25) is 4.79 Å². The molecule has 0 fully saturated rings. The molecule has 0 aliphatic rings. The van der Waals surface area contributed by atoms with Gasteiger partial charge in [-0.05, 0) is 5.56 Å². The third-order valence-corrected chi connectivity index (χ3v) is 3.44. The van der Waals surface area contributed by atoms with E-state index < -0.39 is 24.0 Å². The van der Waals surface area contributed by atoms with Gasteiger partial charge >= 0.3 is 12.1 Å². The molecule has 138 valence electrons. The van der Waals surface area contributed by atoms with Crippen molar-refractivity contribution in [3.63, 3.8) is 0 Å². The molecule has 0 aliphatic heterocycles. The Bertz CT molecular complexity index is 718. The fourth-order valence-electron chi connectivity index (χ4n) is 2.13. The van der Waals surface area contributed by atoms with E-state index >= 15 is 0 Å². The summed E-state index contributed by atoms with van der Waals surface area (Å²) in [6.07, 6.45) is 2.35. The maximum Gasteiger partial charge on any atom is 0.407 e. The zero-order valence-corrected chi connectivity index (χ0v) is 14.0. The molecule has 0 unspecified atom stereocenters. The fraction of sp³-hybridized carbons (Fsp3) is 0.294. The number of imidazole rings is 1. The summed E-state index contributed by atoms with van der Waals surface area (Å²) >= 11 is 0. The molecule has 0 spiro atoms. The van der Waals surface area contributed by atoms with Crippen molar-refractivity contribution in [2.24, 2.45) is 0 Å². The number of amides is 2. The Labute approximate surface area is 149 Å². The molecule has 1 aromatic carbocycles. The van der Waals surface area contributed by atoms with E-state index in [0.29, 0.717) is 5.69 Å². The first-order chi connectivity index (χ1) is 12.5. The second-order valence-electron chi connectivity index (χ2n) is 5.46. The lowest BCUT2D eigenvalue weighted by atomic mass is 10.1. The van der Waals surface area contributed by atoms with Crippen LogP contribution in [0.25, 0.3) is 0 Å². The molecule has 0 radical (unpaired) electrons. The molecule has 0 saturated carbocycles. The molecule has 0 saturated heterocycles. The SMILES string of the molecule is O=C(CCNC(=O)OCc1ccccc1)N[C@@H](Cc1c[nH]cn1)C(=O)O. The minimum absolute atomic E-state index is 0.0359. The van der Waals surface area contributed by atoms with E-state index in [1.54, 1.807) is 6.20 Å². The van der Waals surface area contributed by atoms with Gasteiger partial charge < -0.3 is 25.5 Å². The summed E-state index contributed by atoms with van der Waals surface area (Å²) in [6, 6.07) is 8.10. The normalized spacial score (nSPS) is 11.4. The van der Waals surface area contributed by atoms with Gasteiger partial charge in [0.25, 0.3) is 0 Å². The Morgan fingerprint density at radius 2 is 2.00 bits per heavy atom. The standard InChI is InChI=1S/C17H20N4O5/c22-15(21-14(16(23)24)8-13-9-18-11-20-13)6-7-19-17(25)26-10-12-4-2-1-3-5-12/h1-5,9,11,14H,6-8,10H2,(H,18,20)(H,19,25)(H,21,22)(H,23,24)/t14-/m0/s1. The van der Waals surface area contributed by atoms with E-state index in [1.165, 1.54) is 6.33 Å². The molecule has 26 heavy (non-hydrogen) atoms. The van der Waals surface area contributed by atoms with Gasteiger partial charge in [0.15, 0.2) is 0 Å². The number of carbonyl (C=O) groups excluding carboxylic acids is 2. The van der Waals surface area contributed by atoms with E-state index in [9.17, 15) is 19.5 Å². The van der Waals surface area contributed by atoms with E-state index in [2.05, 4.69) is 20.6 Å². The number of carboxylic acid groups (broad SMARTS) is 1. The second kappa shape index (κ2) is 9.82. The maximum absolute atomic E-state index is 11.9. The van der Waals surface area contributed by atoms with Crippen LogP contribution in [0.5, 0.6) is 0 Å². The van der Waals surface area contributed by atoms with E-state index in [1.807, 2.05) is 30.3 Å². The van der Waals surface area contributed by atoms with Crippen molar-refractivity contribution >= 4 is 18.0 Å². The maximum atomic E-state index is 11.9. The van der Waals surface area contributed by atoms with Crippen LogP contribution in [-0.4, -0.2) is 45.6 Å². The van der Waals surface area contributed by atoms with Crippen LogP contribution in [0.2, 0.25) is 0 Å². The predicted octanol–water partition coefficient (Wildman–Crippen LogP) is 0.838. The summed E-state index contributed by atoms with van der Waals surface area (Å²) in [5, 5.41) is 14.0. The van der Waals surface area contributed by atoms with Crippen LogP contribution < -0.4 is 10.6 Å². The number of nitrogens with one attached hydrogen (secondary N) is 3. The molecule has 1 heterocycles. The third kappa shape index (κ3) is 6.63. The molecule has 1 aromatic heterocycles. The number of aromatic amines is 1. The largest absolute Gasteiger partial charge is 0.480 e. The highest BCUT2D eigenvalue weighted by Gasteiger charge is 2.21. The highest BCUT2D eigenvalue weighted by atomic mass is 16.5. The van der Waals surface area contributed by atoms with Gasteiger partial charge in [-0.1, -0.05) is 30.3 Å². The molecule has 4 N–H and O–H groups in total. The zero-order chi connectivity index (χ0) is 18.8. The zero-order valence-electron chi connectivity index (χ0n) is 14.0. The van der Waals surface area contributed by atoms with E-state index in [0.717, 1.165) is 5.56 Å². The number of aromatic nitrogens is 2. The van der Waals surface area contributed by atoms with Crippen LogP contribution in [0.15, 0.2) is 42.9 Å². The second-order valence-corrected chi connectivity index (χ2v) is 5.46. The lowest BCUT2D eigenvalue weighted by Crippen LogP contribution is -2.43. The van der Waals surface area contributed by atoms with Gasteiger partial charge in [-0.25, -0.2) is 14.6 Å². The molecule has 1 atom stereocenters. The minimum Gasteiger partial charge on any atom is -0.480 e. The monoisotopic (exact) mass is 360 g/mol. The molecular formula is C17H20N4O5. The fourth-order valence-corrected chi connectivity index (χ4v) is 2.13. The molecule has 9 heteroatoms. The quantitative estimate of drug-likeness (QED) is 0.524. The van der Waals surface area contributed by atoms with Crippen LogP contribution >= 0.6 is 0 Å². The van der Waals surface area contributed by atoms with Crippen LogP contribution in [0.1, 0.15) is 17.7 Å². The van der Waals surface area contributed by atoms with Crippen LogP contribution in [-0.2, 0) is 27.4 Å². The van der Waals surface area contributed by atoms with Crippen molar-refractivity contribution in [1.29, 1.82) is 0 Å². The van der Waals surface area contributed by atoms with Crippen LogP contribution in [0, 0.1) is 0 Å². The lowest BCUT2D eigenvalue weighted by molar-refractivity contribution is -0.141. The molecule has 0 bridgehead atoms. The summed E-state index contributed by atoms with van der Waals surface area (Å²) in [5.74, 6) is -1.65. The number of alkyl carbamates (subject to hydrolysis) is 1. The third-order valence-electron chi connectivity index (χ3n) is 3.44. The summed E-state index contributed by atoms with van der Waals surface area (Å²) in [7, 11) is 0. The highest BCUT2D eigenvalue weighted by molar-refractivity contribution is 5.84. The number of rotatable bonds is 9. The molecule has 0 aliphatic carbocycles. The number of carbonyl (C=O) groups is 3. The molecule has 2 rings (SSSR count). The first-order valence-corrected chi connectivity index (χ1v) is 7.99. The minimum atomic E-state index is -1.16. The Kier molecular flexibility index (Phi) is 7.17. The van der Waals surface area contributed by atoms with Crippen molar-refractivity contribution in [3.05, 3.63) is 54.1 Å². The number of aliphatic carboxylic acids is 1. The summed E-state index contributed by atoms with van der Waals surface area (Å²) in [4.78, 5) is 41.3. The van der Waals surface area contributed by atoms with Crippen molar-refractivity contribution in [1.82, 2.24) is 20.6 Å². The van der Waals surface area contributed by atoms with Gasteiger partial charge in [0.1, 0.15) is 12.6 Å². The molecule has 2 aromatic rings. The Morgan fingerprint density at radius 1 is 1.23 bits per heavy atom. The topological polar surface area (TPSA) is 133 Å². The van der Waals surface area contributed by atoms with Crippen LogP contribution in [0.3, 0.4) is 0 Å². The van der Waals surface area contributed by atoms with E-state index in [4.69, 9.17) is 4.74 Å². The summed E-state index contributed by atoms with van der Waals surface area (Å²) in [5.41, 5.74) is 1.38. The highest BCUT2D eigenvalue weighted by Crippen LogP contribution is 2.01. The van der Waals surface area contributed by atoms with Crippen molar-refractivity contribution in [2.45, 2.75) is 25.5 Å². The number of nitrogens with zero attached hydrogens (tertiary/aromatic N) is 1. The van der Waals surface area contributed by atoms with Gasteiger partial charge in [0.05, 0.1) is 12.0 Å².